The highest BCUT2D eigenvalue weighted by molar-refractivity contribution is 6.31. The van der Waals surface area contributed by atoms with Crippen molar-refractivity contribution in [2.24, 2.45) is 0 Å². The number of halogens is 1. The first kappa shape index (κ1) is 13.6. The highest BCUT2D eigenvalue weighted by Crippen LogP contribution is 2.26. The summed E-state index contributed by atoms with van der Waals surface area (Å²) >= 11 is 6.26. The number of aryl methyl sites for hydroxylation is 2. The monoisotopic (exact) mass is 268 g/mol. The van der Waals surface area contributed by atoms with E-state index in [4.69, 9.17) is 11.6 Å². The van der Waals surface area contributed by atoms with Crippen molar-refractivity contribution in [1.29, 1.82) is 0 Å². The van der Waals surface area contributed by atoms with Crippen molar-refractivity contribution in [1.82, 2.24) is 14.9 Å². The van der Waals surface area contributed by atoms with Gasteiger partial charge in [-0.15, -0.1) is 0 Å². The minimum atomic E-state index is 0.409. The van der Waals surface area contributed by atoms with Crippen LogP contribution in [0, 0.1) is 13.8 Å². The zero-order chi connectivity index (χ0) is 13.3. The molecule has 0 aliphatic carbocycles. The van der Waals surface area contributed by atoms with Gasteiger partial charge in [-0.05, 0) is 40.8 Å². The van der Waals surface area contributed by atoms with Gasteiger partial charge < -0.3 is 9.80 Å². The normalized spacial score (nSPS) is 22.1. The van der Waals surface area contributed by atoms with E-state index in [0.717, 1.165) is 43.3 Å². The molecule has 4 nitrogen and oxygen atoms in total. The van der Waals surface area contributed by atoms with Gasteiger partial charge in [-0.1, -0.05) is 11.6 Å². The molecule has 2 heterocycles. The highest BCUT2D eigenvalue weighted by Gasteiger charge is 2.23. The van der Waals surface area contributed by atoms with E-state index in [2.05, 4.69) is 33.7 Å². The van der Waals surface area contributed by atoms with E-state index in [9.17, 15) is 0 Å². The number of hydrogen-bond acceptors (Lipinski definition) is 4. The second kappa shape index (κ2) is 5.41. The summed E-state index contributed by atoms with van der Waals surface area (Å²) in [5.41, 5.74) is 1.86. The lowest BCUT2D eigenvalue weighted by Gasteiger charge is -2.29. The maximum absolute atomic E-state index is 6.26. The van der Waals surface area contributed by atoms with E-state index in [1.807, 2.05) is 13.8 Å². The van der Waals surface area contributed by atoms with E-state index in [-0.39, 0.29) is 0 Å². The van der Waals surface area contributed by atoms with Gasteiger partial charge in [0.15, 0.2) is 11.0 Å². The van der Waals surface area contributed by atoms with Gasteiger partial charge >= 0.3 is 0 Å². The van der Waals surface area contributed by atoms with E-state index >= 15 is 0 Å². The number of aromatic nitrogens is 2. The lowest BCUT2D eigenvalue weighted by atomic mass is 10.2. The molecule has 1 aliphatic heterocycles. The molecule has 0 aromatic carbocycles. The van der Waals surface area contributed by atoms with E-state index in [1.165, 1.54) is 0 Å². The van der Waals surface area contributed by atoms with Crippen molar-refractivity contribution in [3.63, 3.8) is 0 Å². The summed E-state index contributed by atoms with van der Waals surface area (Å²) in [5.74, 6) is 0.836. The first-order chi connectivity index (χ1) is 8.49. The largest absolute Gasteiger partial charge is 0.350 e. The summed E-state index contributed by atoms with van der Waals surface area (Å²) in [6, 6.07) is 0.409. The van der Waals surface area contributed by atoms with Gasteiger partial charge in [-0.2, -0.15) is 0 Å². The number of hydrogen-bond donors (Lipinski definition) is 0. The van der Waals surface area contributed by atoms with Gasteiger partial charge in [0.25, 0.3) is 0 Å². The van der Waals surface area contributed by atoms with Gasteiger partial charge in [-0.25, -0.2) is 9.97 Å². The summed E-state index contributed by atoms with van der Waals surface area (Å²) < 4.78 is 0. The third-order valence-electron chi connectivity index (χ3n) is 3.57. The maximum atomic E-state index is 6.26. The van der Waals surface area contributed by atoms with Crippen LogP contribution < -0.4 is 4.90 Å². The quantitative estimate of drug-likeness (QED) is 0.782. The summed E-state index contributed by atoms with van der Waals surface area (Å²) in [5, 5.41) is 0.523. The molecule has 1 aromatic rings. The zero-order valence-electron chi connectivity index (χ0n) is 11.6. The maximum Gasteiger partial charge on any atom is 0.171 e. The molecule has 1 saturated heterocycles. The van der Waals surface area contributed by atoms with Crippen LogP contribution in [0.15, 0.2) is 0 Å². The van der Waals surface area contributed by atoms with E-state index < -0.39 is 0 Å². The molecule has 0 spiro atoms. The Bertz CT molecular complexity index is 435. The first-order valence-electron chi connectivity index (χ1n) is 6.45. The molecule has 100 valence electrons. The fraction of sp³-hybridized carbons (Fsp3) is 0.692. The number of anilines is 1. The molecular formula is C13H21ClN4. The van der Waals surface area contributed by atoms with Crippen LogP contribution in [0.4, 0.5) is 5.82 Å². The SMILES string of the molecule is Cc1nc(Cl)c(N2CCCN(C)CC2C)nc1C. The van der Waals surface area contributed by atoms with Crippen LogP contribution in [0.5, 0.6) is 0 Å². The van der Waals surface area contributed by atoms with Crippen molar-refractivity contribution >= 4 is 17.4 Å². The fourth-order valence-corrected chi connectivity index (χ4v) is 2.71. The molecule has 0 radical (unpaired) electrons. The summed E-state index contributed by atoms with van der Waals surface area (Å²) in [7, 11) is 2.16. The summed E-state index contributed by atoms with van der Waals surface area (Å²) in [6.45, 7) is 9.29. The Morgan fingerprint density at radius 3 is 2.56 bits per heavy atom. The lowest BCUT2D eigenvalue weighted by molar-refractivity contribution is 0.337. The predicted molar refractivity (Wildman–Crippen MR) is 75.4 cm³/mol. The molecule has 1 aromatic heterocycles. The van der Waals surface area contributed by atoms with E-state index in [1.54, 1.807) is 0 Å². The fourth-order valence-electron chi connectivity index (χ4n) is 2.43. The minimum absolute atomic E-state index is 0.409. The van der Waals surface area contributed by atoms with E-state index in [0.29, 0.717) is 11.2 Å². The zero-order valence-corrected chi connectivity index (χ0v) is 12.3. The molecule has 1 unspecified atom stereocenters. The average Bonchev–Trinajstić information content (AvgIpc) is 2.45. The molecule has 5 heteroatoms. The lowest BCUT2D eigenvalue weighted by Crippen LogP contribution is -2.38. The van der Waals surface area contributed by atoms with Crippen molar-refractivity contribution in [3.8, 4) is 0 Å². The van der Waals surface area contributed by atoms with Crippen molar-refractivity contribution in [2.45, 2.75) is 33.2 Å². The molecule has 0 amide bonds. The standard InChI is InChI=1S/C13H21ClN4/c1-9-8-17(4)6-5-7-18(9)13-12(14)15-10(2)11(3)16-13/h9H,5-8H2,1-4H3. The molecule has 1 fully saturated rings. The van der Waals surface area contributed by atoms with Gasteiger partial charge in [0.2, 0.25) is 0 Å². The van der Waals surface area contributed by atoms with Gasteiger partial charge in [0.05, 0.1) is 11.4 Å². The highest BCUT2D eigenvalue weighted by atomic mass is 35.5. The Hall–Kier alpha value is -0.870. The molecule has 1 aliphatic rings. The number of nitrogens with zero attached hydrogens (tertiary/aromatic N) is 4. The molecule has 1 atom stereocenters. The molecular weight excluding hydrogens is 248 g/mol. The molecule has 0 bridgehead atoms. The molecule has 0 N–H and O–H groups in total. The van der Waals surface area contributed by atoms with Crippen molar-refractivity contribution in [3.05, 3.63) is 16.5 Å². The Kier molecular flexibility index (Phi) is 4.07. The second-order valence-electron chi connectivity index (χ2n) is 5.17. The minimum Gasteiger partial charge on any atom is -0.350 e. The topological polar surface area (TPSA) is 32.3 Å². The van der Waals surface area contributed by atoms with Crippen molar-refractivity contribution in [2.75, 3.05) is 31.6 Å². The molecule has 18 heavy (non-hydrogen) atoms. The van der Waals surface area contributed by atoms with Crippen LogP contribution in [-0.4, -0.2) is 47.6 Å². The van der Waals surface area contributed by atoms with Crippen LogP contribution in [0.3, 0.4) is 0 Å². The Morgan fingerprint density at radius 1 is 1.17 bits per heavy atom. The average molecular weight is 269 g/mol. The number of likely N-dealkylation sites (N-methyl/N-ethyl adjacent to an activating group) is 1. The van der Waals surface area contributed by atoms with Crippen LogP contribution >= 0.6 is 11.6 Å². The van der Waals surface area contributed by atoms with Crippen LogP contribution in [0.2, 0.25) is 5.15 Å². The van der Waals surface area contributed by atoms with Gasteiger partial charge in [0.1, 0.15) is 0 Å². The second-order valence-corrected chi connectivity index (χ2v) is 5.53. The van der Waals surface area contributed by atoms with Crippen molar-refractivity contribution < 1.29 is 0 Å². The Labute approximate surface area is 114 Å². The summed E-state index contributed by atoms with van der Waals surface area (Å²) in [6.07, 6.45) is 1.13. The van der Waals surface area contributed by atoms with Gasteiger partial charge in [-0.3, -0.25) is 0 Å². The third kappa shape index (κ3) is 2.75. The Morgan fingerprint density at radius 2 is 1.83 bits per heavy atom. The number of rotatable bonds is 1. The molecule has 2 rings (SSSR count). The Balaban J connectivity index is 2.32. The smallest absolute Gasteiger partial charge is 0.171 e. The van der Waals surface area contributed by atoms with Gasteiger partial charge in [0, 0.05) is 19.1 Å². The van der Waals surface area contributed by atoms with Crippen LogP contribution in [0.1, 0.15) is 24.7 Å². The third-order valence-corrected chi connectivity index (χ3v) is 3.82. The van der Waals surface area contributed by atoms with Crippen LogP contribution in [0.25, 0.3) is 0 Å². The first-order valence-corrected chi connectivity index (χ1v) is 6.82. The predicted octanol–water partition coefficient (Wildman–Crippen LogP) is 2.28. The summed E-state index contributed by atoms with van der Waals surface area (Å²) in [4.78, 5) is 13.6. The van der Waals surface area contributed by atoms with Crippen LogP contribution in [-0.2, 0) is 0 Å². The molecule has 0 saturated carbocycles.